The molecule has 13 heavy (non-hydrogen) atoms. The predicted molar refractivity (Wildman–Crippen MR) is 44.6 cm³/mol. The van der Waals surface area contributed by atoms with E-state index in [0.717, 1.165) is 0 Å². The van der Waals surface area contributed by atoms with Crippen molar-refractivity contribution in [1.29, 1.82) is 0 Å². The number of Topliss-reactive ketones (excluding diaryl/α,β-unsaturated/α-hetero) is 1. The summed E-state index contributed by atoms with van der Waals surface area (Å²) in [5.41, 5.74) is -1.32. The molecule has 0 spiro atoms. The van der Waals surface area contributed by atoms with Crippen LogP contribution in [0.15, 0.2) is 0 Å². The van der Waals surface area contributed by atoms with Crippen LogP contribution in [-0.2, 0) is 4.79 Å². The van der Waals surface area contributed by atoms with E-state index in [-0.39, 0.29) is 0 Å². The molecule has 2 saturated carbocycles. The van der Waals surface area contributed by atoms with Gasteiger partial charge in [0, 0.05) is 11.3 Å². The van der Waals surface area contributed by atoms with Gasteiger partial charge in [-0.05, 0) is 18.3 Å². The summed E-state index contributed by atoms with van der Waals surface area (Å²) in [6.07, 6.45) is 1.11. The highest BCUT2D eigenvalue weighted by Gasteiger charge is 2.75. The second-order valence-corrected chi connectivity index (χ2v) is 5.10. The van der Waals surface area contributed by atoms with Crippen molar-refractivity contribution in [3.05, 3.63) is 0 Å². The highest BCUT2D eigenvalue weighted by molar-refractivity contribution is 5.95. The lowest BCUT2D eigenvalue weighted by Crippen LogP contribution is -2.39. The van der Waals surface area contributed by atoms with E-state index >= 15 is 0 Å². The average molecular weight is 188 g/mol. The summed E-state index contributed by atoms with van der Waals surface area (Å²) in [6, 6.07) is 0. The summed E-state index contributed by atoms with van der Waals surface area (Å²) >= 11 is 0. The van der Waals surface area contributed by atoms with Crippen LogP contribution < -0.4 is 0 Å². The van der Waals surface area contributed by atoms with Crippen LogP contribution in [0.2, 0.25) is 0 Å². The Bertz CT molecular complexity index is 283. The molecule has 2 rings (SSSR count). The van der Waals surface area contributed by atoms with E-state index in [0.29, 0.717) is 12.8 Å². The monoisotopic (exact) mass is 188 g/mol. The summed E-state index contributed by atoms with van der Waals surface area (Å²) in [4.78, 5) is 11.5. The maximum absolute atomic E-state index is 13.4. The van der Waals surface area contributed by atoms with Crippen LogP contribution in [0.4, 0.5) is 8.78 Å². The van der Waals surface area contributed by atoms with E-state index in [1.165, 1.54) is 0 Å². The van der Waals surface area contributed by atoms with Crippen LogP contribution in [-0.4, -0.2) is 11.7 Å². The summed E-state index contributed by atoms with van der Waals surface area (Å²) in [5.74, 6) is -4.64. The van der Waals surface area contributed by atoms with E-state index in [1.54, 1.807) is 20.8 Å². The zero-order valence-corrected chi connectivity index (χ0v) is 8.16. The van der Waals surface area contributed by atoms with Gasteiger partial charge in [-0.1, -0.05) is 20.8 Å². The fraction of sp³-hybridized carbons (Fsp3) is 0.900. The van der Waals surface area contributed by atoms with Gasteiger partial charge in [0.25, 0.3) is 0 Å². The second-order valence-electron chi connectivity index (χ2n) is 5.10. The van der Waals surface area contributed by atoms with E-state index < -0.39 is 28.5 Å². The van der Waals surface area contributed by atoms with Crippen molar-refractivity contribution < 1.29 is 13.6 Å². The van der Waals surface area contributed by atoms with Crippen LogP contribution in [0, 0.1) is 16.7 Å². The number of carbonyl (C=O) groups excluding carboxylic acids is 1. The maximum atomic E-state index is 13.4. The van der Waals surface area contributed by atoms with Crippen molar-refractivity contribution in [2.24, 2.45) is 16.7 Å². The van der Waals surface area contributed by atoms with Gasteiger partial charge in [-0.25, -0.2) is 0 Å². The Morgan fingerprint density at radius 2 is 1.85 bits per heavy atom. The number of rotatable bonds is 0. The minimum atomic E-state index is -3.07. The molecule has 2 fully saturated rings. The van der Waals surface area contributed by atoms with Gasteiger partial charge in [-0.3, -0.25) is 4.79 Å². The first-order valence-electron chi connectivity index (χ1n) is 4.67. The third-order valence-corrected chi connectivity index (χ3v) is 4.47. The molecule has 2 aliphatic rings. The normalized spacial score (nSPS) is 45.6. The number of hydrogen-bond donors (Lipinski definition) is 0. The molecule has 0 heterocycles. The Morgan fingerprint density at radius 1 is 1.31 bits per heavy atom. The quantitative estimate of drug-likeness (QED) is 0.571. The fourth-order valence-corrected chi connectivity index (χ4v) is 3.07. The first-order chi connectivity index (χ1) is 5.74. The number of halogens is 2. The molecule has 2 bridgehead atoms. The first-order valence-corrected chi connectivity index (χ1v) is 4.67. The highest BCUT2D eigenvalue weighted by atomic mass is 19.3. The van der Waals surface area contributed by atoms with Gasteiger partial charge < -0.3 is 0 Å². The lowest BCUT2D eigenvalue weighted by molar-refractivity contribution is -0.153. The van der Waals surface area contributed by atoms with Crippen LogP contribution in [0.1, 0.15) is 33.6 Å². The van der Waals surface area contributed by atoms with Crippen molar-refractivity contribution >= 4 is 5.78 Å². The molecule has 0 amide bonds. The summed E-state index contributed by atoms with van der Waals surface area (Å²) in [7, 11) is 0. The van der Waals surface area contributed by atoms with Gasteiger partial charge >= 0.3 is 5.92 Å². The van der Waals surface area contributed by atoms with Gasteiger partial charge in [0.1, 0.15) is 0 Å². The molecule has 0 aromatic carbocycles. The van der Waals surface area contributed by atoms with Crippen LogP contribution in [0.3, 0.4) is 0 Å². The van der Waals surface area contributed by atoms with E-state index in [9.17, 15) is 13.6 Å². The fourth-order valence-electron chi connectivity index (χ4n) is 3.07. The molecule has 0 aliphatic heterocycles. The Labute approximate surface area is 76.5 Å². The Balaban J connectivity index is 2.58. The lowest BCUT2D eigenvalue weighted by atomic mass is 9.70. The zero-order valence-electron chi connectivity index (χ0n) is 8.16. The van der Waals surface area contributed by atoms with Gasteiger partial charge in [0.2, 0.25) is 5.78 Å². The van der Waals surface area contributed by atoms with E-state index in [4.69, 9.17) is 0 Å². The largest absolute Gasteiger partial charge is 0.309 e. The molecule has 2 unspecified atom stereocenters. The minimum Gasteiger partial charge on any atom is -0.292 e. The molecule has 0 saturated heterocycles. The Morgan fingerprint density at radius 3 is 2.08 bits per heavy atom. The third-order valence-electron chi connectivity index (χ3n) is 4.47. The molecule has 0 aromatic rings. The van der Waals surface area contributed by atoms with Crippen LogP contribution in [0.25, 0.3) is 0 Å². The standard InChI is InChI=1S/C10H14F2O/c1-8(2)6-4-5-9(8,3)7(13)10(6,11)12/h6H,4-5H2,1-3H3. The SMILES string of the molecule is CC12CCC(C(F)(F)C1=O)C2(C)C. The van der Waals surface area contributed by atoms with Crippen molar-refractivity contribution in [3.8, 4) is 0 Å². The second kappa shape index (κ2) is 1.96. The molecule has 1 nitrogen and oxygen atoms in total. The summed E-state index contributed by atoms with van der Waals surface area (Å²) in [6.45, 7) is 5.28. The van der Waals surface area contributed by atoms with Gasteiger partial charge in [-0.2, -0.15) is 8.78 Å². The van der Waals surface area contributed by atoms with Crippen LogP contribution >= 0.6 is 0 Å². The highest BCUT2D eigenvalue weighted by Crippen LogP contribution is 2.68. The molecule has 0 N–H and O–H groups in total. The van der Waals surface area contributed by atoms with Crippen LogP contribution in [0.5, 0.6) is 0 Å². The van der Waals surface area contributed by atoms with Gasteiger partial charge in [0.15, 0.2) is 0 Å². The molecular formula is C10H14F2O. The van der Waals surface area contributed by atoms with Crippen molar-refractivity contribution in [2.45, 2.75) is 39.5 Å². The summed E-state index contributed by atoms with van der Waals surface area (Å²) < 4.78 is 26.8. The summed E-state index contributed by atoms with van der Waals surface area (Å²) in [5, 5.41) is 0. The lowest BCUT2D eigenvalue weighted by Gasteiger charge is -2.31. The third kappa shape index (κ3) is 0.705. The number of carbonyl (C=O) groups is 1. The smallest absolute Gasteiger partial charge is 0.292 e. The minimum absolute atomic E-state index is 0.488. The molecule has 3 heteroatoms. The topological polar surface area (TPSA) is 17.1 Å². The van der Waals surface area contributed by atoms with E-state index in [1.807, 2.05) is 0 Å². The molecule has 0 aromatic heterocycles. The number of fused-ring (bicyclic) bond motifs is 2. The molecule has 2 aliphatic carbocycles. The number of alkyl halides is 2. The number of hydrogen-bond acceptors (Lipinski definition) is 1. The number of ketones is 1. The van der Waals surface area contributed by atoms with Crippen molar-refractivity contribution in [1.82, 2.24) is 0 Å². The molecule has 0 radical (unpaired) electrons. The van der Waals surface area contributed by atoms with Gasteiger partial charge in [-0.15, -0.1) is 0 Å². The van der Waals surface area contributed by atoms with E-state index in [2.05, 4.69) is 0 Å². The first kappa shape index (κ1) is 9.10. The maximum Gasteiger partial charge on any atom is 0.309 e. The molecular weight excluding hydrogens is 174 g/mol. The van der Waals surface area contributed by atoms with Crippen molar-refractivity contribution in [3.63, 3.8) is 0 Å². The van der Waals surface area contributed by atoms with Crippen molar-refractivity contribution in [2.75, 3.05) is 0 Å². The molecule has 74 valence electrons. The Kier molecular flexibility index (Phi) is 1.37. The average Bonchev–Trinajstić information content (AvgIpc) is 2.26. The Hall–Kier alpha value is -0.470. The molecule has 2 atom stereocenters. The predicted octanol–water partition coefficient (Wildman–Crippen LogP) is 2.65. The van der Waals surface area contributed by atoms with Gasteiger partial charge in [0.05, 0.1) is 0 Å². The zero-order chi connectivity index (χ0) is 10.1.